The first kappa shape index (κ1) is 12.3. The SMILES string of the molecule is CCCCS(=O)(=O)Nc1cc[c]c(Cl)c1. The Hall–Kier alpha value is -0.740. The van der Waals surface area contributed by atoms with Crippen LogP contribution in [0.2, 0.25) is 5.02 Å². The second-order valence-electron chi connectivity index (χ2n) is 3.20. The van der Waals surface area contributed by atoms with Crippen molar-refractivity contribution in [3.05, 3.63) is 29.3 Å². The summed E-state index contributed by atoms with van der Waals surface area (Å²) in [5.41, 5.74) is 0.481. The number of rotatable bonds is 5. The van der Waals surface area contributed by atoms with Gasteiger partial charge in [-0.3, -0.25) is 4.72 Å². The molecule has 0 saturated carbocycles. The van der Waals surface area contributed by atoms with Crippen LogP contribution in [0.3, 0.4) is 0 Å². The van der Waals surface area contributed by atoms with Crippen molar-refractivity contribution < 1.29 is 8.42 Å². The summed E-state index contributed by atoms with van der Waals surface area (Å²) >= 11 is 5.69. The van der Waals surface area contributed by atoms with Gasteiger partial charge in [-0.25, -0.2) is 8.42 Å². The van der Waals surface area contributed by atoms with Gasteiger partial charge in [0.25, 0.3) is 0 Å². The lowest BCUT2D eigenvalue weighted by molar-refractivity contribution is 0.598. The molecule has 0 spiro atoms. The van der Waals surface area contributed by atoms with E-state index in [1.807, 2.05) is 6.92 Å². The van der Waals surface area contributed by atoms with Crippen molar-refractivity contribution in [3.8, 4) is 0 Å². The number of hydrogen-bond donors (Lipinski definition) is 1. The van der Waals surface area contributed by atoms with Gasteiger partial charge in [-0.05, 0) is 18.6 Å². The van der Waals surface area contributed by atoms with Gasteiger partial charge in [-0.15, -0.1) is 0 Å². The molecular formula is C10H13ClNO2S. The highest BCUT2D eigenvalue weighted by Gasteiger charge is 2.09. The van der Waals surface area contributed by atoms with E-state index in [0.29, 0.717) is 17.1 Å². The van der Waals surface area contributed by atoms with Gasteiger partial charge in [0.15, 0.2) is 0 Å². The van der Waals surface area contributed by atoms with E-state index in [-0.39, 0.29) is 5.75 Å². The third kappa shape index (κ3) is 4.53. The summed E-state index contributed by atoms with van der Waals surface area (Å²) in [5, 5.41) is 0.394. The summed E-state index contributed by atoms with van der Waals surface area (Å²) in [6.45, 7) is 1.95. The molecule has 0 amide bonds. The van der Waals surface area contributed by atoms with Crippen LogP contribution in [0.25, 0.3) is 0 Å². The molecule has 0 bridgehead atoms. The van der Waals surface area contributed by atoms with Crippen LogP contribution in [0.1, 0.15) is 19.8 Å². The normalized spacial score (nSPS) is 11.3. The predicted octanol–water partition coefficient (Wildman–Crippen LogP) is 2.68. The maximum atomic E-state index is 11.5. The molecule has 0 aliphatic rings. The first-order valence-corrected chi connectivity index (χ1v) is 6.74. The predicted molar refractivity (Wildman–Crippen MR) is 62.6 cm³/mol. The minimum absolute atomic E-state index is 0.139. The van der Waals surface area contributed by atoms with E-state index in [9.17, 15) is 8.42 Å². The molecule has 0 saturated heterocycles. The quantitative estimate of drug-likeness (QED) is 0.868. The summed E-state index contributed by atoms with van der Waals surface area (Å²) in [5.74, 6) is 0.139. The molecule has 83 valence electrons. The molecule has 0 aromatic heterocycles. The van der Waals surface area contributed by atoms with Crippen LogP contribution in [-0.2, 0) is 10.0 Å². The smallest absolute Gasteiger partial charge is 0.232 e. The lowest BCUT2D eigenvalue weighted by atomic mass is 10.3. The van der Waals surface area contributed by atoms with Crippen molar-refractivity contribution in [2.24, 2.45) is 0 Å². The molecule has 1 aromatic carbocycles. The van der Waals surface area contributed by atoms with Gasteiger partial charge in [0, 0.05) is 11.8 Å². The topological polar surface area (TPSA) is 46.2 Å². The van der Waals surface area contributed by atoms with Crippen molar-refractivity contribution in [1.29, 1.82) is 0 Å². The minimum Gasteiger partial charge on any atom is -0.284 e. The summed E-state index contributed by atoms with van der Waals surface area (Å²) in [6, 6.07) is 7.47. The molecule has 0 aliphatic carbocycles. The monoisotopic (exact) mass is 246 g/mol. The Kier molecular flexibility index (Phi) is 4.42. The number of sulfonamides is 1. The van der Waals surface area contributed by atoms with E-state index in [0.717, 1.165) is 6.42 Å². The van der Waals surface area contributed by atoms with Crippen LogP contribution in [0.5, 0.6) is 0 Å². The highest BCUT2D eigenvalue weighted by atomic mass is 35.5. The molecular weight excluding hydrogens is 234 g/mol. The van der Waals surface area contributed by atoms with E-state index in [1.54, 1.807) is 12.1 Å². The maximum Gasteiger partial charge on any atom is 0.232 e. The van der Waals surface area contributed by atoms with Crippen molar-refractivity contribution in [2.45, 2.75) is 19.8 Å². The maximum absolute atomic E-state index is 11.5. The number of anilines is 1. The highest BCUT2D eigenvalue weighted by Crippen LogP contribution is 2.15. The number of halogens is 1. The zero-order valence-electron chi connectivity index (χ0n) is 8.46. The van der Waals surface area contributed by atoms with Crippen LogP contribution in [0, 0.1) is 6.07 Å². The van der Waals surface area contributed by atoms with Crippen molar-refractivity contribution in [1.82, 2.24) is 0 Å². The molecule has 0 unspecified atom stereocenters. The molecule has 0 aliphatic heterocycles. The fraction of sp³-hybridized carbons (Fsp3) is 0.400. The molecule has 0 heterocycles. The second-order valence-corrected chi connectivity index (χ2v) is 5.45. The van der Waals surface area contributed by atoms with Gasteiger partial charge in [0.1, 0.15) is 0 Å². The number of nitrogens with one attached hydrogen (secondary N) is 1. The fourth-order valence-corrected chi connectivity index (χ4v) is 2.50. The molecule has 3 nitrogen and oxygen atoms in total. The molecule has 5 heteroatoms. The average molecular weight is 247 g/mol. The summed E-state index contributed by atoms with van der Waals surface area (Å²) in [7, 11) is -3.24. The van der Waals surface area contributed by atoms with E-state index < -0.39 is 10.0 Å². The highest BCUT2D eigenvalue weighted by molar-refractivity contribution is 7.92. The molecule has 1 rings (SSSR count). The summed E-state index contributed by atoms with van der Waals surface area (Å²) in [4.78, 5) is 0. The fourth-order valence-electron chi connectivity index (χ4n) is 1.07. The average Bonchev–Trinajstić information content (AvgIpc) is 2.14. The minimum atomic E-state index is -3.24. The van der Waals surface area contributed by atoms with E-state index in [1.165, 1.54) is 6.07 Å². The molecule has 1 radical (unpaired) electrons. The first-order chi connectivity index (χ1) is 7.03. The zero-order chi connectivity index (χ0) is 11.3. The van der Waals surface area contributed by atoms with Gasteiger partial charge in [0.05, 0.1) is 10.8 Å². The third-order valence-electron chi connectivity index (χ3n) is 1.81. The second kappa shape index (κ2) is 5.37. The van der Waals surface area contributed by atoms with Gasteiger partial charge < -0.3 is 0 Å². The largest absolute Gasteiger partial charge is 0.284 e. The number of unbranched alkanes of at least 4 members (excludes halogenated alkanes) is 1. The lowest BCUT2D eigenvalue weighted by Gasteiger charge is -2.07. The molecule has 15 heavy (non-hydrogen) atoms. The van der Waals surface area contributed by atoms with E-state index >= 15 is 0 Å². The molecule has 0 atom stereocenters. The summed E-state index contributed by atoms with van der Waals surface area (Å²) in [6.07, 6.45) is 1.51. The van der Waals surface area contributed by atoms with Gasteiger partial charge in [-0.1, -0.05) is 31.0 Å². The van der Waals surface area contributed by atoms with Crippen molar-refractivity contribution in [3.63, 3.8) is 0 Å². The zero-order valence-corrected chi connectivity index (χ0v) is 10.0. The Balaban J connectivity index is 2.69. The Bertz CT molecular complexity index is 417. The van der Waals surface area contributed by atoms with Crippen molar-refractivity contribution in [2.75, 3.05) is 10.5 Å². The Labute approximate surface area is 95.5 Å². The molecule has 0 fully saturated rings. The van der Waals surface area contributed by atoms with Crippen molar-refractivity contribution >= 4 is 27.3 Å². The Morgan fingerprint density at radius 1 is 1.53 bits per heavy atom. The molecule has 1 N–H and O–H groups in total. The first-order valence-electron chi connectivity index (χ1n) is 4.71. The number of benzene rings is 1. The van der Waals surface area contributed by atoms with Gasteiger partial charge in [-0.2, -0.15) is 0 Å². The van der Waals surface area contributed by atoms with Crippen LogP contribution < -0.4 is 4.72 Å². The van der Waals surface area contributed by atoms with Gasteiger partial charge >= 0.3 is 0 Å². The van der Waals surface area contributed by atoms with Crippen LogP contribution >= 0.6 is 11.6 Å². The van der Waals surface area contributed by atoms with Crippen LogP contribution in [-0.4, -0.2) is 14.2 Å². The Morgan fingerprint density at radius 3 is 2.87 bits per heavy atom. The standard InChI is InChI=1S/C10H13ClNO2S/c1-2-3-7-15(13,14)12-10-6-4-5-9(11)8-10/h4,6,8,12H,2-3,7H2,1H3. The van der Waals surface area contributed by atoms with Crippen LogP contribution in [0.15, 0.2) is 18.2 Å². The van der Waals surface area contributed by atoms with Crippen LogP contribution in [0.4, 0.5) is 5.69 Å². The molecule has 1 aromatic rings. The third-order valence-corrected chi connectivity index (χ3v) is 3.40. The van der Waals surface area contributed by atoms with Gasteiger partial charge in [0.2, 0.25) is 10.0 Å². The summed E-state index contributed by atoms with van der Waals surface area (Å²) < 4.78 is 25.5. The van der Waals surface area contributed by atoms with E-state index in [4.69, 9.17) is 11.6 Å². The number of hydrogen-bond acceptors (Lipinski definition) is 2. The van der Waals surface area contributed by atoms with E-state index in [2.05, 4.69) is 10.8 Å². The Morgan fingerprint density at radius 2 is 2.27 bits per heavy atom. The lowest BCUT2D eigenvalue weighted by Crippen LogP contribution is -2.16.